The molecule has 0 amide bonds. The molecule has 6 heteroatoms. The average molecular weight is 315 g/mol. The van der Waals surface area contributed by atoms with Gasteiger partial charge in [0.25, 0.3) is 0 Å². The number of aldehydes is 1. The van der Waals surface area contributed by atoms with Crippen LogP contribution in [0.3, 0.4) is 0 Å². The van der Waals surface area contributed by atoms with E-state index in [0.717, 1.165) is 6.07 Å². The van der Waals surface area contributed by atoms with Crippen molar-refractivity contribution in [3.8, 4) is 11.6 Å². The Hall–Kier alpha value is -3.02. The second-order valence-electron chi connectivity index (χ2n) is 4.41. The summed E-state index contributed by atoms with van der Waals surface area (Å²) in [5.41, 5.74) is 0.722. The van der Waals surface area contributed by atoms with Crippen molar-refractivity contribution in [1.82, 2.24) is 4.98 Å². The molecule has 0 aliphatic carbocycles. The first-order valence-corrected chi connectivity index (χ1v) is 6.81. The first-order chi connectivity index (χ1) is 11.1. The molecular formula is C17H14FNO4. The first-order valence-electron chi connectivity index (χ1n) is 6.81. The molecule has 2 aromatic rings. The molecule has 0 unspecified atom stereocenters. The van der Waals surface area contributed by atoms with Crippen LogP contribution in [0.1, 0.15) is 33.2 Å². The summed E-state index contributed by atoms with van der Waals surface area (Å²) >= 11 is 0. The topological polar surface area (TPSA) is 65.5 Å². The highest BCUT2D eigenvalue weighted by atomic mass is 19.1. The van der Waals surface area contributed by atoms with Gasteiger partial charge in [-0.05, 0) is 36.8 Å². The normalized spacial score (nSPS) is 10.0. The number of carbonyl (C=O) groups is 2. The van der Waals surface area contributed by atoms with E-state index < -0.39 is 11.8 Å². The van der Waals surface area contributed by atoms with Crippen LogP contribution in [0.4, 0.5) is 4.39 Å². The summed E-state index contributed by atoms with van der Waals surface area (Å²) in [5.74, 6) is -1.68. The Balaban J connectivity index is 2.49. The summed E-state index contributed by atoms with van der Waals surface area (Å²) in [7, 11) is 0. The maximum absolute atomic E-state index is 13.8. The highest BCUT2D eigenvalue weighted by Crippen LogP contribution is 2.29. The quantitative estimate of drug-likeness (QED) is 0.601. The van der Waals surface area contributed by atoms with E-state index in [1.165, 1.54) is 24.4 Å². The van der Waals surface area contributed by atoms with Gasteiger partial charge in [-0.15, -0.1) is 0 Å². The molecule has 1 aromatic carbocycles. The molecule has 0 saturated heterocycles. The Bertz CT molecular complexity index is 758. The van der Waals surface area contributed by atoms with Crippen LogP contribution in [0.5, 0.6) is 11.6 Å². The van der Waals surface area contributed by atoms with Crippen LogP contribution in [0.2, 0.25) is 0 Å². The number of aromatic nitrogens is 1. The van der Waals surface area contributed by atoms with E-state index in [-0.39, 0.29) is 29.4 Å². The Kier molecular flexibility index (Phi) is 5.19. The zero-order valence-corrected chi connectivity index (χ0v) is 12.4. The van der Waals surface area contributed by atoms with Crippen molar-refractivity contribution >= 4 is 18.3 Å². The summed E-state index contributed by atoms with van der Waals surface area (Å²) in [5, 5.41) is 0. The molecule has 0 saturated carbocycles. The van der Waals surface area contributed by atoms with E-state index in [1.807, 2.05) is 0 Å². The van der Waals surface area contributed by atoms with Gasteiger partial charge >= 0.3 is 5.97 Å². The van der Waals surface area contributed by atoms with Gasteiger partial charge in [-0.25, -0.2) is 14.2 Å². The van der Waals surface area contributed by atoms with E-state index in [4.69, 9.17) is 9.47 Å². The fourth-order valence-corrected chi connectivity index (χ4v) is 1.89. The van der Waals surface area contributed by atoms with Crippen LogP contribution < -0.4 is 4.74 Å². The van der Waals surface area contributed by atoms with Gasteiger partial charge < -0.3 is 9.47 Å². The van der Waals surface area contributed by atoms with E-state index in [1.54, 1.807) is 13.0 Å². The molecule has 0 radical (unpaired) electrons. The maximum Gasteiger partial charge on any atom is 0.344 e. The highest BCUT2D eigenvalue weighted by molar-refractivity contribution is 5.96. The molecule has 118 valence electrons. The molecule has 2 rings (SSSR count). The minimum absolute atomic E-state index is 0.0419. The lowest BCUT2D eigenvalue weighted by molar-refractivity contribution is 0.0522. The standard InChI is InChI=1S/C17H14FNO4/c1-3-12-7-8-19-16(15(12)17(21)22-4-2)23-14-9-11(10-20)5-6-13(14)18/h3,5-10H,1,4H2,2H3. The molecule has 23 heavy (non-hydrogen) atoms. The van der Waals surface area contributed by atoms with Crippen LogP contribution in [0.15, 0.2) is 37.0 Å². The largest absolute Gasteiger partial charge is 0.462 e. The second-order valence-corrected chi connectivity index (χ2v) is 4.41. The molecule has 5 nitrogen and oxygen atoms in total. The van der Waals surface area contributed by atoms with Crippen molar-refractivity contribution in [2.24, 2.45) is 0 Å². The molecule has 1 heterocycles. The Labute approximate surface area is 132 Å². The van der Waals surface area contributed by atoms with Gasteiger partial charge in [0, 0.05) is 11.8 Å². The van der Waals surface area contributed by atoms with Crippen LogP contribution in [0, 0.1) is 5.82 Å². The number of rotatable bonds is 6. The third-order valence-electron chi connectivity index (χ3n) is 2.95. The molecule has 0 N–H and O–H groups in total. The molecule has 0 aliphatic rings. The van der Waals surface area contributed by atoms with E-state index in [0.29, 0.717) is 11.8 Å². The third-order valence-corrected chi connectivity index (χ3v) is 2.95. The van der Waals surface area contributed by atoms with Crippen LogP contribution >= 0.6 is 0 Å². The minimum atomic E-state index is -0.684. The van der Waals surface area contributed by atoms with Gasteiger partial charge in [-0.2, -0.15) is 0 Å². The van der Waals surface area contributed by atoms with Gasteiger partial charge in [-0.1, -0.05) is 12.7 Å². The van der Waals surface area contributed by atoms with Crippen molar-refractivity contribution in [2.75, 3.05) is 6.61 Å². The van der Waals surface area contributed by atoms with Gasteiger partial charge in [0.15, 0.2) is 11.6 Å². The number of ether oxygens (including phenoxy) is 2. The highest BCUT2D eigenvalue weighted by Gasteiger charge is 2.20. The summed E-state index contributed by atoms with van der Waals surface area (Å²) < 4.78 is 24.2. The monoisotopic (exact) mass is 315 g/mol. The number of carbonyl (C=O) groups excluding carboxylic acids is 2. The van der Waals surface area contributed by atoms with Crippen LogP contribution in [0.25, 0.3) is 6.08 Å². The number of esters is 1. The van der Waals surface area contributed by atoms with Gasteiger partial charge in [0.2, 0.25) is 5.88 Å². The number of benzene rings is 1. The fraction of sp³-hybridized carbons (Fsp3) is 0.118. The van der Waals surface area contributed by atoms with Crippen LogP contribution in [-0.4, -0.2) is 23.8 Å². The van der Waals surface area contributed by atoms with E-state index >= 15 is 0 Å². The lowest BCUT2D eigenvalue weighted by Crippen LogP contribution is -2.10. The van der Waals surface area contributed by atoms with Gasteiger partial charge in [-0.3, -0.25) is 4.79 Å². The summed E-state index contributed by atoms with van der Waals surface area (Å²) in [6.45, 7) is 5.44. The summed E-state index contributed by atoms with van der Waals surface area (Å²) in [4.78, 5) is 26.9. The SMILES string of the molecule is C=Cc1ccnc(Oc2cc(C=O)ccc2F)c1C(=O)OCC. The molecule has 0 spiro atoms. The minimum Gasteiger partial charge on any atom is -0.462 e. The van der Waals surface area contributed by atoms with E-state index in [9.17, 15) is 14.0 Å². The molecular weight excluding hydrogens is 301 g/mol. The smallest absolute Gasteiger partial charge is 0.344 e. The average Bonchev–Trinajstić information content (AvgIpc) is 2.56. The Morgan fingerprint density at radius 2 is 2.17 bits per heavy atom. The maximum atomic E-state index is 13.8. The van der Waals surface area contributed by atoms with Crippen molar-refractivity contribution in [2.45, 2.75) is 6.92 Å². The molecule has 0 aliphatic heterocycles. The van der Waals surface area contributed by atoms with Crippen LogP contribution in [-0.2, 0) is 4.74 Å². The summed E-state index contributed by atoms with van der Waals surface area (Å²) in [6.07, 6.45) is 3.40. The summed E-state index contributed by atoms with van der Waals surface area (Å²) in [6, 6.07) is 5.19. The van der Waals surface area contributed by atoms with E-state index in [2.05, 4.69) is 11.6 Å². The molecule has 1 aromatic heterocycles. The number of pyridine rings is 1. The predicted molar refractivity (Wildman–Crippen MR) is 82.1 cm³/mol. The van der Waals surface area contributed by atoms with Crippen molar-refractivity contribution in [3.05, 3.63) is 59.5 Å². The zero-order chi connectivity index (χ0) is 16.8. The Morgan fingerprint density at radius 3 is 2.83 bits per heavy atom. The zero-order valence-electron chi connectivity index (χ0n) is 12.4. The number of nitrogens with zero attached hydrogens (tertiary/aromatic N) is 1. The van der Waals surface area contributed by atoms with Crippen molar-refractivity contribution in [3.63, 3.8) is 0 Å². The molecule has 0 bridgehead atoms. The lowest BCUT2D eigenvalue weighted by Gasteiger charge is -2.12. The van der Waals surface area contributed by atoms with Gasteiger partial charge in [0.05, 0.1) is 6.61 Å². The van der Waals surface area contributed by atoms with Crippen molar-refractivity contribution < 1.29 is 23.5 Å². The molecule has 0 fully saturated rings. The number of hydrogen-bond acceptors (Lipinski definition) is 5. The third kappa shape index (κ3) is 3.60. The molecule has 0 atom stereocenters. The Morgan fingerprint density at radius 1 is 1.39 bits per heavy atom. The second kappa shape index (κ2) is 7.31. The van der Waals surface area contributed by atoms with Gasteiger partial charge in [0.1, 0.15) is 11.8 Å². The number of hydrogen-bond donors (Lipinski definition) is 0. The first kappa shape index (κ1) is 16.4. The fourth-order valence-electron chi connectivity index (χ4n) is 1.89. The lowest BCUT2D eigenvalue weighted by atomic mass is 10.1. The predicted octanol–water partition coefficient (Wildman–Crippen LogP) is 3.65. The number of halogens is 1. The van der Waals surface area contributed by atoms with Crippen molar-refractivity contribution in [1.29, 1.82) is 0 Å².